The zero-order chi connectivity index (χ0) is 18.4. The largest absolute Gasteiger partial charge is 0.467 e. The Balaban J connectivity index is 2.29. The Labute approximate surface area is 151 Å². The van der Waals surface area contributed by atoms with Gasteiger partial charge in [-0.05, 0) is 29.8 Å². The van der Waals surface area contributed by atoms with Crippen molar-refractivity contribution in [2.75, 3.05) is 7.11 Å². The normalized spacial score (nSPS) is 11.7. The van der Waals surface area contributed by atoms with Crippen LogP contribution in [0.15, 0.2) is 53.0 Å². The molecular weight excluding hydrogens is 400 g/mol. The molecule has 0 radical (unpaired) electrons. The Morgan fingerprint density at radius 3 is 2.32 bits per heavy atom. The molecule has 0 aliphatic rings. The second kappa shape index (κ2) is 8.57. The summed E-state index contributed by atoms with van der Waals surface area (Å²) in [5, 5.41) is 2.48. The van der Waals surface area contributed by atoms with E-state index in [0.29, 0.717) is 5.56 Å². The predicted octanol–water partition coefficient (Wildman–Crippen LogP) is 3.69. The summed E-state index contributed by atoms with van der Waals surface area (Å²) in [4.78, 5) is 24.5. The standard InChI is InChI=1S/C17H14BrF2NO4/c1-24-16(23)14(10-6-8-11(18)9-7-10)21-15(22)12-4-2-3-5-13(12)25-17(19)20/h2-9,14,17H,1H3,(H,21,22). The topological polar surface area (TPSA) is 64.6 Å². The molecule has 1 amide bonds. The number of carbonyl (C=O) groups excluding carboxylic acids is 2. The average molecular weight is 414 g/mol. The first kappa shape index (κ1) is 18.9. The molecule has 0 aromatic heterocycles. The highest BCUT2D eigenvalue weighted by molar-refractivity contribution is 9.10. The van der Waals surface area contributed by atoms with Gasteiger partial charge in [-0.25, -0.2) is 4.79 Å². The molecule has 0 heterocycles. The number of esters is 1. The first-order chi connectivity index (χ1) is 11.9. The Morgan fingerprint density at radius 1 is 1.08 bits per heavy atom. The highest BCUT2D eigenvalue weighted by Gasteiger charge is 2.25. The molecule has 2 aromatic carbocycles. The number of amides is 1. The van der Waals surface area contributed by atoms with E-state index in [1.807, 2.05) is 0 Å². The van der Waals surface area contributed by atoms with E-state index in [1.165, 1.54) is 31.4 Å². The van der Waals surface area contributed by atoms with E-state index in [-0.39, 0.29) is 11.3 Å². The molecule has 8 heteroatoms. The number of carbonyl (C=O) groups is 2. The van der Waals surface area contributed by atoms with Crippen molar-refractivity contribution in [3.63, 3.8) is 0 Å². The van der Waals surface area contributed by atoms with Crippen LogP contribution in [0.3, 0.4) is 0 Å². The van der Waals surface area contributed by atoms with Gasteiger partial charge in [0.15, 0.2) is 6.04 Å². The lowest BCUT2D eigenvalue weighted by molar-refractivity contribution is -0.143. The molecule has 25 heavy (non-hydrogen) atoms. The lowest BCUT2D eigenvalue weighted by atomic mass is 10.1. The first-order valence-electron chi connectivity index (χ1n) is 7.10. The van der Waals surface area contributed by atoms with Gasteiger partial charge >= 0.3 is 12.6 Å². The summed E-state index contributed by atoms with van der Waals surface area (Å²) in [5.74, 6) is -1.72. The SMILES string of the molecule is COC(=O)C(NC(=O)c1ccccc1OC(F)F)c1ccc(Br)cc1. The second-order valence-corrected chi connectivity index (χ2v) is 5.77. The second-order valence-electron chi connectivity index (χ2n) is 4.86. The van der Waals surface area contributed by atoms with E-state index in [9.17, 15) is 18.4 Å². The molecule has 0 aliphatic carbocycles. The Hall–Kier alpha value is -2.48. The van der Waals surface area contributed by atoms with E-state index >= 15 is 0 Å². The molecule has 0 spiro atoms. The molecule has 1 unspecified atom stereocenters. The van der Waals surface area contributed by atoms with Gasteiger partial charge in [0.2, 0.25) is 0 Å². The zero-order valence-electron chi connectivity index (χ0n) is 13.0. The average Bonchev–Trinajstić information content (AvgIpc) is 2.59. The van der Waals surface area contributed by atoms with Gasteiger partial charge < -0.3 is 14.8 Å². The number of halogens is 3. The number of ether oxygens (including phenoxy) is 2. The van der Waals surface area contributed by atoms with Crippen molar-refractivity contribution in [1.82, 2.24) is 5.32 Å². The Morgan fingerprint density at radius 2 is 1.72 bits per heavy atom. The zero-order valence-corrected chi connectivity index (χ0v) is 14.6. The number of methoxy groups -OCH3 is 1. The molecule has 2 aromatic rings. The summed E-state index contributed by atoms with van der Waals surface area (Å²) in [6.45, 7) is -3.07. The van der Waals surface area contributed by atoms with Crippen LogP contribution in [0.25, 0.3) is 0 Å². The third-order valence-electron chi connectivity index (χ3n) is 3.26. The third-order valence-corrected chi connectivity index (χ3v) is 3.79. The van der Waals surface area contributed by atoms with Crippen LogP contribution in [-0.4, -0.2) is 25.6 Å². The van der Waals surface area contributed by atoms with Crippen molar-refractivity contribution in [2.24, 2.45) is 0 Å². The van der Waals surface area contributed by atoms with Gasteiger partial charge in [-0.1, -0.05) is 40.2 Å². The predicted molar refractivity (Wildman–Crippen MR) is 89.4 cm³/mol. The number of hydrogen-bond acceptors (Lipinski definition) is 4. The lowest BCUT2D eigenvalue weighted by Crippen LogP contribution is -2.34. The van der Waals surface area contributed by atoms with Crippen LogP contribution >= 0.6 is 15.9 Å². The Kier molecular flexibility index (Phi) is 6.46. The monoisotopic (exact) mass is 413 g/mol. The van der Waals surface area contributed by atoms with Crippen molar-refractivity contribution in [3.8, 4) is 5.75 Å². The van der Waals surface area contributed by atoms with Crippen LogP contribution in [0.2, 0.25) is 0 Å². The molecule has 1 atom stereocenters. The fraction of sp³-hybridized carbons (Fsp3) is 0.176. The maximum atomic E-state index is 12.5. The van der Waals surface area contributed by atoms with Crippen molar-refractivity contribution >= 4 is 27.8 Å². The van der Waals surface area contributed by atoms with Gasteiger partial charge in [-0.2, -0.15) is 8.78 Å². The fourth-order valence-corrected chi connectivity index (χ4v) is 2.38. The van der Waals surface area contributed by atoms with Gasteiger partial charge in [0, 0.05) is 4.47 Å². The van der Waals surface area contributed by atoms with Gasteiger partial charge in [-0.3, -0.25) is 4.79 Å². The van der Waals surface area contributed by atoms with Gasteiger partial charge in [-0.15, -0.1) is 0 Å². The lowest BCUT2D eigenvalue weighted by Gasteiger charge is -2.18. The number of alkyl halides is 2. The van der Waals surface area contributed by atoms with Crippen LogP contribution in [0.5, 0.6) is 5.75 Å². The summed E-state index contributed by atoms with van der Waals surface area (Å²) >= 11 is 3.28. The van der Waals surface area contributed by atoms with E-state index in [0.717, 1.165) is 4.47 Å². The van der Waals surface area contributed by atoms with Crippen LogP contribution in [0, 0.1) is 0 Å². The minimum atomic E-state index is -3.07. The molecule has 0 saturated heterocycles. The molecule has 0 saturated carbocycles. The maximum absolute atomic E-state index is 12.5. The van der Waals surface area contributed by atoms with Crippen LogP contribution in [-0.2, 0) is 9.53 Å². The molecule has 2 rings (SSSR count). The molecule has 5 nitrogen and oxygen atoms in total. The molecule has 0 bridgehead atoms. The molecule has 132 valence electrons. The van der Waals surface area contributed by atoms with Crippen LogP contribution < -0.4 is 10.1 Å². The van der Waals surface area contributed by atoms with Crippen molar-refractivity contribution in [3.05, 3.63) is 64.1 Å². The number of hydrogen-bond donors (Lipinski definition) is 1. The molecule has 0 aliphatic heterocycles. The number of rotatable bonds is 6. The quantitative estimate of drug-likeness (QED) is 0.733. The smallest absolute Gasteiger partial charge is 0.387 e. The molecular formula is C17H14BrF2NO4. The van der Waals surface area contributed by atoms with E-state index in [2.05, 4.69) is 26.0 Å². The third kappa shape index (κ3) is 4.99. The number of benzene rings is 2. The Bertz CT molecular complexity index is 753. The molecule has 0 fully saturated rings. The van der Waals surface area contributed by atoms with E-state index in [1.54, 1.807) is 24.3 Å². The highest BCUT2D eigenvalue weighted by atomic mass is 79.9. The maximum Gasteiger partial charge on any atom is 0.387 e. The summed E-state index contributed by atoms with van der Waals surface area (Å²) in [6, 6.07) is 11.1. The summed E-state index contributed by atoms with van der Waals surface area (Å²) in [7, 11) is 1.19. The number of nitrogens with one attached hydrogen (secondary N) is 1. The van der Waals surface area contributed by atoms with Crippen LogP contribution in [0.1, 0.15) is 22.0 Å². The fourth-order valence-electron chi connectivity index (χ4n) is 2.11. The number of para-hydroxylation sites is 1. The van der Waals surface area contributed by atoms with Gasteiger partial charge in [0.1, 0.15) is 5.75 Å². The van der Waals surface area contributed by atoms with Crippen molar-refractivity contribution in [1.29, 1.82) is 0 Å². The van der Waals surface area contributed by atoms with Gasteiger partial charge in [0.25, 0.3) is 5.91 Å². The van der Waals surface area contributed by atoms with E-state index < -0.39 is 24.5 Å². The summed E-state index contributed by atoms with van der Waals surface area (Å²) < 4.78 is 34.8. The summed E-state index contributed by atoms with van der Waals surface area (Å²) in [5.41, 5.74) is 0.365. The van der Waals surface area contributed by atoms with Crippen molar-refractivity contribution < 1.29 is 27.8 Å². The minimum Gasteiger partial charge on any atom is -0.467 e. The first-order valence-corrected chi connectivity index (χ1v) is 7.89. The van der Waals surface area contributed by atoms with Crippen molar-refractivity contribution in [2.45, 2.75) is 12.7 Å². The highest BCUT2D eigenvalue weighted by Crippen LogP contribution is 2.23. The minimum absolute atomic E-state index is 0.117. The van der Waals surface area contributed by atoms with E-state index in [4.69, 9.17) is 4.74 Å². The summed E-state index contributed by atoms with van der Waals surface area (Å²) in [6.07, 6.45) is 0. The molecule has 1 N–H and O–H groups in total. The van der Waals surface area contributed by atoms with Crippen LogP contribution in [0.4, 0.5) is 8.78 Å². The van der Waals surface area contributed by atoms with Gasteiger partial charge in [0.05, 0.1) is 12.7 Å².